The molecule has 0 unspecified atom stereocenters. The van der Waals surface area contributed by atoms with Gasteiger partial charge in [0.1, 0.15) is 16.9 Å². The number of nitrogens with two attached hydrogens (primary N) is 1. The van der Waals surface area contributed by atoms with Crippen LogP contribution in [0.3, 0.4) is 0 Å². The molecule has 0 saturated heterocycles. The number of anilines is 1. The average Bonchev–Trinajstić information content (AvgIpc) is 2.91. The van der Waals surface area contributed by atoms with E-state index in [0.717, 1.165) is 0 Å². The van der Waals surface area contributed by atoms with E-state index in [1.165, 1.54) is 0 Å². The van der Waals surface area contributed by atoms with E-state index in [1.54, 1.807) is 17.6 Å². The van der Waals surface area contributed by atoms with Crippen molar-refractivity contribution >= 4 is 45.6 Å². The Morgan fingerprint density at radius 2 is 1.77 bits per heavy atom. The Labute approximate surface area is 154 Å². The number of hydrogen-bond acceptors (Lipinski definition) is 5. The fourth-order valence-corrected chi connectivity index (χ4v) is 3.16. The normalized spacial score (nSPS) is 11.2. The van der Waals surface area contributed by atoms with Crippen LogP contribution in [0.1, 0.15) is 17.3 Å². The summed E-state index contributed by atoms with van der Waals surface area (Å²) in [5.74, 6) is -0.341. The lowest BCUT2D eigenvalue weighted by atomic mass is 10.2. The van der Waals surface area contributed by atoms with Gasteiger partial charge in [0.25, 0.3) is 0 Å². The largest absolute Gasteiger partial charge is 0.462 e. The molecule has 0 aliphatic carbocycles. The Hall–Kier alpha value is -3.12. The van der Waals surface area contributed by atoms with Gasteiger partial charge in [0.05, 0.1) is 28.4 Å². The Morgan fingerprint density at radius 1 is 1.12 bits per heavy atom. The minimum Gasteiger partial charge on any atom is -0.462 e. The van der Waals surface area contributed by atoms with Crippen molar-refractivity contribution in [2.24, 2.45) is 0 Å². The molecule has 2 aromatic carbocycles. The maximum Gasteiger partial charge on any atom is 0.344 e. The van der Waals surface area contributed by atoms with Crippen LogP contribution in [0.25, 0.3) is 27.9 Å². The van der Waals surface area contributed by atoms with E-state index in [-0.39, 0.29) is 18.0 Å². The van der Waals surface area contributed by atoms with Crippen molar-refractivity contribution in [1.29, 1.82) is 0 Å². The summed E-state index contributed by atoms with van der Waals surface area (Å²) in [6.07, 6.45) is 0. The SMILES string of the molecule is CCOC(=O)c1c(N)n(-c2ccccc2Cl)c2nc3ccccc3nc12. The van der Waals surface area contributed by atoms with E-state index in [4.69, 9.17) is 22.1 Å². The smallest absolute Gasteiger partial charge is 0.344 e. The summed E-state index contributed by atoms with van der Waals surface area (Å²) >= 11 is 6.36. The number of rotatable bonds is 3. The third-order valence-electron chi connectivity index (χ3n) is 4.07. The summed E-state index contributed by atoms with van der Waals surface area (Å²) in [6, 6.07) is 14.6. The van der Waals surface area contributed by atoms with Gasteiger partial charge in [-0.05, 0) is 31.2 Å². The van der Waals surface area contributed by atoms with E-state index in [9.17, 15) is 4.79 Å². The minimum atomic E-state index is -0.537. The third-order valence-corrected chi connectivity index (χ3v) is 4.39. The number of ether oxygens (including phenoxy) is 1. The molecule has 0 radical (unpaired) electrons. The summed E-state index contributed by atoms with van der Waals surface area (Å²) in [7, 11) is 0. The van der Waals surface area contributed by atoms with E-state index >= 15 is 0 Å². The van der Waals surface area contributed by atoms with E-state index in [2.05, 4.69) is 9.97 Å². The van der Waals surface area contributed by atoms with Crippen LogP contribution in [0.15, 0.2) is 48.5 Å². The standard InChI is InChI=1S/C19H15ClN4O2/c1-2-26-19(25)15-16-18(23-13-9-5-4-8-12(13)22-16)24(17(15)21)14-10-6-3-7-11(14)20/h3-10H,2,21H2,1H3. The first-order valence-electron chi connectivity index (χ1n) is 8.10. The summed E-state index contributed by atoms with van der Waals surface area (Å²) in [5, 5.41) is 0.487. The van der Waals surface area contributed by atoms with Crippen LogP contribution in [-0.2, 0) is 4.74 Å². The van der Waals surface area contributed by atoms with E-state index < -0.39 is 5.97 Å². The quantitative estimate of drug-likeness (QED) is 0.554. The third kappa shape index (κ3) is 2.46. The molecule has 0 amide bonds. The summed E-state index contributed by atoms with van der Waals surface area (Å²) in [4.78, 5) is 21.8. The molecule has 2 N–H and O–H groups in total. The molecule has 0 aliphatic heterocycles. The first-order valence-corrected chi connectivity index (χ1v) is 8.48. The van der Waals surface area contributed by atoms with E-state index in [0.29, 0.717) is 32.9 Å². The number of para-hydroxylation sites is 3. The van der Waals surface area contributed by atoms with Crippen molar-refractivity contribution in [3.8, 4) is 5.69 Å². The molecule has 0 atom stereocenters. The van der Waals surface area contributed by atoms with Gasteiger partial charge in [-0.3, -0.25) is 4.57 Å². The van der Waals surface area contributed by atoms with Crippen molar-refractivity contribution in [1.82, 2.24) is 14.5 Å². The molecule has 6 nitrogen and oxygen atoms in total. The Kier molecular flexibility index (Phi) is 3.97. The number of aromatic nitrogens is 3. The van der Waals surface area contributed by atoms with Crippen LogP contribution in [0.5, 0.6) is 0 Å². The van der Waals surface area contributed by atoms with Gasteiger partial charge in [-0.15, -0.1) is 0 Å². The summed E-state index contributed by atoms with van der Waals surface area (Å²) in [5.41, 5.74) is 9.36. The highest BCUT2D eigenvalue weighted by atomic mass is 35.5. The van der Waals surface area contributed by atoms with Gasteiger partial charge >= 0.3 is 5.97 Å². The highest BCUT2D eigenvalue weighted by molar-refractivity contribution is 6.32. The number of esters is 1. The second kappa shape index (κ2) is 6.31. The number of nitrogen functional groups attached to an aromatic ring is 1. The van der Waals surface area contributed by atoms with Crippen LogP contribution >= 0.6 is 11.6 Å². The number of benzene rings is 2. The van der Waals surface area contributed by atoms with Gasteiger partial charge < -0.3 is 10.5 Å². The van der Waals surface area contributed by atoms with Gasteiger partial charge in [0.15, 0.2) is 5.65 Å². The number of carbonyl (C=O) groups is 1. The molecule has 4 rings (SSSR count). The number of fused-ring (bicyclic) bond motifs is 2. The summed E-state index contributed by atoms with van der Waals surface area (Å²) in [6.45, 7) is 1.97. The molecule has 0 aliphatic rings. The highest BCUT2D eigenvalue weighted by Gasteiger charge is 2.26. The molecule has 0 saturated carbocycles. The zero-order valence-electron chi connectivity index (χ0n) is 13.9. The molecule has 26 heavy (non-hydrogen) atoms. The van der Waals surface area contributed by atoms with Crippen LogP contribution in [-0.4, -0.2) is 27.1 Å². The van der Waals surface area contributed by atoms with Gasteiger partial charge in [0.2, 0.25) is 0 Å². The van der Waals surface area contributed by atoms with Crippen molar-refractivity contribution < 1.29 is 9.53 Å². The average molecular weight is 367 g/mol. The zero-order chi connectivity index (χ0) is 18.3. The monoisotopic (exact) mass is 366 g/mol. The van der Waals surface area contributed by atoms with Crippen molar-refractivity contribution in [3.05, 3.63) is 59.1 Å². The Balaban J connectivity index is 2.14. The maximum atomic E-state index is 12.5. The lowest BCUT2D eigenvalue weighted by molar-refractivity contribution is 0.0529. The first-order chi connectivity index (χ1) is 12.6. The molecular weight excluding hydrogens is 352 g/mol. The number of carbonyl (C=O) groups excluding carboxylic acids is 1. The number of halogens is 1. The summed E-state index contributed by atoms with van der Waals surface area (Å²) < 4.78 is 6.82. The molecule has 130 valence electrons. The van der Waals surface area contributed by atoms with Gasteiger partial charge in [-0.25, -0.2) is 14.8 Å². The second-order valence-corrected chi connectivity index (χ2v) is 6.06. The van der Waals surface area contributed by atoms with Crippen molar-refractivity contribution in [2.45, 2.75) is 6.92 Å². The highest BCUT2D eigenvalue weighted by Crippen LogP contribution is 2.33. The fraction of sp³-hybridized carbons (Fsp3) is 0.105. The maximum absolute atomic E-state index is 12.5. The molecule has 0 spiro atoms. The Bertz CT molecular complexity index is 1150. The molecular formula is C19H15ClN4O2. The van der Waals surface area contributed by atoms with Crippen molar-refractivity contribution in [2.75, 3.05) is 12.3 Å². The topological polar surface area (TPSA) is 83.0 Å². The van der Waals surface area contributed by atoms with Gasteiger partial charge in [-0.2, -0.15) is 0 Å². The molecule has 0 fully saturated rings. The first kappa shape index (κ1) is 16.4. The van der Waals surface area contributed by atoms with Gasteiger partial charge in [0, 0.05) is 0 Å². The lowest BCUT2D eigenvalue weighted by Gasteiger charge is -2.09. The van der Waals surface area contributed by atoms with Crippen molar-refractivity contribution in [3.63, 3.8) is 0 Å². The van der Waals surface area contributed by atoms with Crippen LogP contribution in [0.2, 0.25) is 5.02 Å². The zero-order valence-corrected chi connectivity index (χ0v) is 14.7. The predicted molar refractivity (Wildman–Crippen MR) is 102 cm³/mol. The van der Waals surface area contributed by atoms with Crippen LogP contribution in [0, 0.1) is 0 Å². The molecule has 2 aromatic heterocycles. The van der Waals surface area contributed by atoms with E-state index in [1.807, 2.05) is 42.5 Å². The minimum absolute atomic E-state index is 0.194. The second-order valence-electron chi connectivity index (χ2n) is 5.65. The molecule has 4 aromatic rings. The Morgan fingerprint density at radius 3 is 2.46 bits per heavy atom. The van der Waals surface area contributed by atoms with Gasteiger partial charge in [-0.1, -0.05) is 35.9 Å². The lowest BCUT2D eigenvalue weighted by Crippen LogP contribution is -2.09. The fourth-order valence-electron chi connectivity index (χ4n) is 2.94. The van der Waals surface area contributed by atoms with Crippen LogP contribution < -0.4 is 5.73 Å². The van der Waals surface area contributed by atoms with Crippen LogP contribution in [0.4, 0.5) is 5.82 Å². The molecule has 2 heterocycles. The number of hydrogen-bond donors (Lipinski definition) is 1. The number of nitrogens with zero attached hydrogens (tertiary/aromatic N) is 3. The predicted octanol–water partition coefficient (Wildman–Crippen LogP) is 3.99. The molecule has 0 bridgehead atoms. The molecule has 7 heteroatoms.